The van der Waals surface area contributed by atoms with Crippen LogP contribution in [0.4, 0.5) is 11.4 Å². The molecule has 0 radical (unpaired) electrons. The van der Waals surface area contributed by atoms with Gasteiger partial charge >= 0.3 is 0 Å². The number of halogens is 1. The molecule has 0 bridgehead atoms. The van der Waals surface area contributed by atoms with Gasteiger partial charge in [0.05, 0.1) is 16.8 Å². The zero-order valence-corrected chi connectivity index (χ0v) is 22.1. The Bertz CT molecular complexity index is 1330. The molecule has 5 rings (SSSR count). The molecule has 1 amide bonds. The molecule has 3 aromatic carbocycles. The lowest BCUT2D eigenvalue weighted by Gasteiger charge is -2.39. The maximum atomic E-state index is 13.6. The van der Waals surface area contributed by atoms with E-state index in [0.717, 1.165) is 67.8 Å². The van der Waals surface area contributed by atoms with Gasteiger partial charge in [-0.3, -0.25) is 9.59 Å². The summed E-state index contributed by atoms with van der Waals surface area (Å²) in [5.41, 5.74) is 15.3. The summed E-state index contributed by atoms with van der Waals surface area (Å²) < 4.78 is 0. The number of carbonyl (C=O) groups excluding carboxylic acids is 2. The monoisotopic (exact) mass is 503 g/mol. The zero-order valence-electron chi connectivity index (χ0n) is 21.3. The fraction of sp³-hybridized carbons (Fsp3) is 0.333. The number of carbonyl (C=O) groups is 2. The molecular weight excluding hydrogens is 470 g/mol. The molecule has 5 nitrogen and oxygen atoms in total. The second kappa shape index (κ2) is 10.4. The molecule has 2 N–H and O–H groups in total. The molecule has 0 aromatic heterocycles. The number of fused-ring (bicyclic) bond motifs is 3. The van der Waals surface area contributed by atoms with Gasteiger partial charge in [0.15, 0.2) is 5.78 Å². The van der Waals surface area contributed by atoms with Crippen molar-refractivity contribution in [2.45, 2.75) is 40.0 Å². The molecular formula is C30H34ClN3O2. The summed E-state index contributed by atoms with van der Waals surface area (Å²) in [5, 5.41) is 0. The first-order chi connectivity index (χ1) is 16.9. The van der Waals surface area contributed by atoms with Crippen molar-refractivity contribution in [3.05, 3.63) is 81.9 Å². The van der Waals surface area contributed by atoms with Crippen LogP contribution >= 0.6 is 12.4 Å². The van der Waals surface area contributed by atoms with Gasteiger partial charge in [-0.2, -0.15) is 0 Å². The number of rotatable bonds is 6. The van der Waals surface area contributed by atoms with Gasteiger partial charge in [-0.05, 0) is 66.6 Å². The summed E-state index contributed by atoms with van der Waals surface area (Å²) in [6.07, 6.45) is 2.76. The van der Waals surface area contributed by atoms with Crippen LogP contribution in [0.1, 0.15) is 62.7 Å². The standard InChI is InChI=1S/C30H33N3O2.ClH/c1-4-5-10-21-18-24-22-11-6-7-12-23(22)29(34)27(24)28(26(21)30(31)35)33-16-14-32(15-17-33)25-13-8-9-19(2)20(25)3;/h6-9,11-13,18H,4-5,10,14-17H2,1-3H3,(H2,31,35);1H. The van der Waals surface area contributed by atoms with Gasteiger partial charge in [0.2, 0.25) is 0 Å². The Morgan fingerprint density at radius 1 is 0.917 bits per heavy atom. The van der Waals surface area contributed by atoms with Crippen molar-refractivity contribution in [2.24, 2.45) is 5.73 Å². The van der Waals surface area contributed by atoms with Crippen molar-refractivity contribution >= 4 is 35.5 Å². The lowest BCUT2D eigenvalue weighted by atomic mass is 9.91. The molecule has 188 valence electrons. The van der Waals surface area contributed by atoms with Crippen LogP contribution < -0.4 is 15.5 Å². The third-order valence-corrected chi connectivity index (χ3v) is 7.63. The fourth-order valence-electron chi connectivity index (χ4n) is 5.62. The molecule has 1 aliphatic heterocycles. The van der Waals surface area contributed by atoms with Crippen LogP contribution in [0.2, 0.25) is 0 Å². The number of ketones is 1. The molecule has 0 unspecified atom stereocenters. The third-order valence-electron chi connectivity index (χ3n) is 7.63. The number of unbranched alkanes of at least 4 members (excludes halogenated alkanes) is 1. The van der Waals surface area contributed by atoms with E-state index in [9.17, 15) is 9.59 Å². The maximum Gasteiger partial charge on any atom is 0.251 e. The van der Waals surface area contributed by atoms with Crippen molar-refractivity contribution in [2.75, 3.05) is 36.0 Å². The second-order valence-electron chi connectivity index (χ2n) is 9.72. The van der Waals surface area contributed by atoms with E-state index in [1.807, 2.05) is 30.3 Å². The van der Waals surface area contributed by atoms with Gasteiger partial charge in [0.1, 0.15) is 0 Å². The van der Waals surface area contributed by atoms with Gasteiger partial charge in [0.25, 0.3) is 5.91 Å². The summed E-state index contributed by atoms with van der Waals surface area (Å²) in [5.74, 6) is -0.457. The average molecular weight is 504 g/mol. The Morgan fingerprint density at radius 3 is 2.25 bits per heavy atom. The van der Waals surface area contributed by atoms with E-state index in [2.05, 4.69) is 48.8 Å². The van der Waals surface area contributed by atoms with E-state index in [1.54, 1.807) is 0 Å². The first-order valence-electron chi connectivity index (χ1n) is 12.6. The molecule has 0 spiro atoms. The van der Waals surface area contributed by atoms with Crippen LogP contribution in [0.15, 0.2) is 48.5 Å². The highest BCUT2D eigenvalue weighted by Gasteiger charge is 2.36. The molecule has 6 heteroatoms. The lowest BCUT2D eigenvalue weighted by Crippen LogP contribution is -2.48. The Hall–Kier alpha value is -3.31. The van der Waals surface area contributed by atoms with Crippen LogP contribution in [0, 0.1) is 13.8 Å². The number of piperazine rings is 1. The van der Waals surface area contributed by atoms with E-state index in [4.69, 9.17) is 5.73 Å². The van der Waals surface area contributed by atoms with E-state index < -0.39 is 5.91 Å². The van der Waals surface area contributed by atoms with Gasteiger partial charge in [0, 0.05) is 37.4 Å². The van der Waals surface area contributed by atoms with Crippen molar-refractivity contribution in [3.63, 3.8) is 0 Å². The zero-order chi connectivity index (χ0) is 24.7. The summed E-state index contributed by atoms with van der Waals surface area (Å²) in [6, 6.07) is 16.2. The Kier molecular flexibility index (Phi) is 7.41. The van der Waals surface area contributed by atoms with E-state index >= 15 is 0 Å². The van der Waals surface area contributed by atoms with E-state index in [-0.39, 0.29) is 18.2 Å². The summed E-state index contributed by atoms with van der Waals surface area (Å²) in [6.45, 7) is 9.53. The molecule has 2 aliphatic rings. The highest BCUT2D eigenvalue weighted by Crippen LogP contribution is 2.45. The Labute approximate surface area is 219 Å². The number of hydrogen-bond donors (Lipinski definition) is 1. The fourth-order valence-corrected chi connectivity index (χ4v) is 5.62. The molecule has 36 heavy (non-hydrogen) atoms. The van der Waals surface area contributed by atoms with Crippen molar-refractivity contribution in [1.29, 1.82) is 0 Å². The first kappa shape index (κ1) is 25.8. The summed E-state index contributed by atoms with van der Waals surface area (Å²) in [4.78, 5) is 31.1. The summed E-state index contributed by atoms with van der Waals surface area (Å²) in [7, 11) is 0. The Balaban J connectivity index is 0.00000304. The van der Waals surface area contributed by atoms with Crippen molar-refractivity contribution < 1.29 is 9.59 Å². The van der Waals surface area contributed by atoms with Gasteiger partial charge < -0.3 is 15.5 Å². The van der Waals surface area contributed by atoms with Crippen LogP contribution in [-0.2, 0) is 6.42 Å². The van der Waals surface area contributed by atoms with Crippen molar-refractivity contribution in [1.82, 2.24) is 0 Å². The van der Waals surface area contributed by atoms with Crippen LogP contribution in [0.25, 0.3) is 11.1 Å². The Morgan fingerprint density at radius 2 is 1.58 bits per heavy atom. The van der Waals surface area contributed by atoms with Gasteiger partial charge in [-0.15, -0.1) is 12.4 Å². The van der Waals surface area contributed by atoms with Crippen molar-refractivity contribution in [3.8, 4) is 11.1 Å². The topological polar surface area (TPSA) is 66.6 Å². The van der Waals surface area contributed by atoms with Crippen LogP contribution in [-0.4, -0.2) is 37.9 Å². The molecule has 0 saturated carbocycles. The number of nitrogens with zero attached hydrogens (tertiary/aromatic N) is 2. The third kappa shape index (κ3) is 4.26. The van der Waals surface area contributed by atoms with E-state index in [1.165, 1.54) is 16.8 Å². The minimum absolute atomic E-state index is 0. The maximum absolute atomic E-state index is 13.6. The second-order valence-corrected chi connectivity index (χ2v) is 9.72. The van der Waals surface area contributed by atoms with Crippen LogP contribution in [0.3, 0.4) is 0 Å². The number of benzene rings is 3. The minimum atomic E-state index is -0.449. The van der Waals surface area contributed by atoms with Gasteiger partial charge in [-0.1, -0.05) is 49.7 Å². The number of hydrogen-bond acceptors (Lipinski definition) is 4. The first-order valence-corrected chi connectivity index (χ1v) is 12.6. The molecule has 3 aromatic rings. The molecule has 1 heterocycles. The highest BCUT2D eigenvalue weighted by atomic mass is 35.5. The highest BCUT2D eigenvalue weighted by molar-refractivity contribution is 6.26. The number of aryl methyl sites for hydroxylation is 2. The number of anilines is 2. The van der Waals surface area contributed by atoms with Gasteiger partial charge in [-0.25, -0.2) is 0 Å². The molecule has 0 atom stereocenters. The number of primary amides is 1. The lowest BCUT2D eigenvalue weighted by molar-refractivity contribution is 0.0999. The quantitative estimate of drug-likeness (QED) is 0.366. The largest absolute Gasteiger partial charge is 0.368 e. The predicted molar refractivity (Wildman–Crippen MR) is 150 cm³/mol. The molecule has 1 fully saturated rings. The van der Waals surface area contributed by atoms with E-state index in [0.29, 0.717) is 16.7 Å². The minimum Gasteiger partial charge on any atom is -0.368 e. The predicted octanol–water partition coefficient (Wildman–Crippen LogP) is 5.70. The smallest absolute Gasteiger partial charge is 0.251 e. The van der Waals surface area contributed by atoms with Crippen LogP contribution in [0.5, 0.6) is 0 Å². The number of amides is 1. The molecule has 1 saturated heterocycles. The SMILES string of the molecule is CCCCc1cc2c(c(N3CCN(c4cccc(C)c4C)CC3)c1C(N)=O)C(=O)c1ccccc1-2.Cl. The normalized spacial score (nSPS) is 14.4. The summed E-state index contributed by atoms with van der Waals surface area (Å²) >= 11 is 0. The average Bonchev–Trinajstić information content (AvgIpc) is 3.15. The molecule has 1 aliphatic carbocycles. The number of nitrogens with two attached hydrogens (primary N) is 1.